The van der Waals surface area contributed by atoms with Gasteiger partial charge in [0.1, 0.15) is 5.82 Å². The van der Waals surface area contributed by atoms with Gasteiger partial charge in [0.15, 0.2) is 0 Å². The molecule has 0 bridgehead atoms. The SMILES string of the molecule is CC1CC(C)CN(C(=O)NCc2ccnc(N3CCCCC3)c2)C1. The molecular formula is C19H30N4O. The predicted molar refractivity (Wildman–Crippen MR) is 97.1 cm³/mol. The molecule has 5 nitrogen and oxygen atoms in total. The topological polar surface area (TPSA) is 48.5 Å². The Balaban J connectivity index is 1.55. The third-order valence-electron chi connectivity index (χ3n) is 5.09. The van der Waals surface area contributed by atoms with Gasteiger partial charge in [-0.25, -0.2) is 9.78 Å². The van der Waals surface area contributed by atoms with E-state index in [4.69, 9.17) is 0 Å². The van der Waals surface area contributed by atoms with Gasteiger partial charge in [-0.2, -0.15) is 0 Å². The van der Waals surface area contributed by atoms with Gasteiger partial charge in [0.2, 0.25) is 0 Å². The number of anilines is 1. The molecule has 3 heterocycles. The molecule has 1 N–H and O–H groups in total. The zero-order chi connectivity index (χ0) is 16.9. The van der Waals surface area contributed by atoms with E-state index in [9.17, 15) is 4.79 Å². The molecule has 132 valence electrons. The Morgan fingerprint density at radius 1 is 1.21 bits per heavy atom. The molecule has 2 aliphatic heterocycles. The number of piperidine rings is 2. The first-order valence-corrected chi connectivity index (χ1v) is 9.34. The molecule has 2 unspecified atom stereocenters. The molecule has 2 atom stereocenters. The molecule has 2 saturated heterocycles. The molecule has 2 aliphatic rings. The van der Waals surface area contributed by atoms with Gasteiger partial charge in [-0.1, -0.05) is 13.8 Å². The summed E-state index contributed by atoms with van der Waals surface area (Å²) in [5.74, 6) is 2.22. The summed E-state index contributed by atoms with van der Waals surface area (Å²) in [6, 6.07) is 4.17. The third-order valence-corrected chi connectivity index (χ3v) is 5.09. The first-order valence-electron chi connectivity index (χ1n) is 9.34. The summed E-state index contributed by atoms with van der Waals surface area (Å²) in [6.07, 6.45) is 6.88. The molecule has 0 aliphatic carbocycles. The summed E-state index contributed by atoms with van der Waals surface area (Å²) in [5.41, 5.74) is 1.12. The van der Waals surface area contributed by atoms with Gasteiger partial charge in [-0.15, -0.1) is 0 Å². The van der Waals surface area contributed by atoms with Gasteiger partial charge in [0.25, 0.3) is 0 Å². The number of nitrogens with zero attached hydrogens (tertiary/aromatic N) is 3. The van der Waals surface area contributed by atoms with E-state index in [1.807, 2.05) is 17.2 Å². The lowest BCUT2D eigenvalue weighted by atomic mass is 9.92. The van der Waals surface area contributed by atoms with Crippen molar-refractivity contribution in [1.29, 1.82) is 0 Å². The van der Waals surface area contributed by atoms with Crippen molar-refractivity contribution in [2.45, 2.75) is 46.1 Å². The van der Waals surface area contributed by atoms with Crippen LogP contribution in [0.3, 0.4) is 0 Å². The molecule has 24 heavy (non-hydrogen) atoms. The van der Waals surface area contributed by atoms with Crippen molar-refractivity contribution in [2.24, 2.45) is 11.8 Å². The quantitative estimate of drug-likeness (QED) is 0.925. The van der Waals surface area contributed by atoms with E-state index in [0.29, 0.717) is 18.4 Å². The van der Waals surface area contributed by atoms with Crippen molar-refractivity contribution in [3.8, 4) is 0 Å². The van der Waals surface area contributed by atoms with Crippen molar-refractivity contribution >= 4 is 11.8 Å². The smallest absolute Gasteiger partial charge is 0.317 e. The van der Waals surface area contributed by atoms with Gasteiger partial charge in [0, 0.05) is 38.9 Å². The summed E-state index contributed by atoms with van der Waals surface area (Å²) in [4.78, 5) is 21.3. The Morgan fingerprint density at radius 2 is 1.92 bits per heavy atom. The summed E-state index contributed by atoms with van der Waals surface area (Å²) in [6.45, 7) is 8.94. The lowest BCUT2D eigenvalue weighted by molar-refractivity contribution is 0.146. The fourth-order valence-electron chi connectivity index (χ4n) is 3.98. The number of rotatable bonds is 3. The highest BCUT2D eigenvalue weighted by Gasteiger charge is 2.25. The minimum atomic E-state index is 0.0599. The highest BCUT2D eigenvalue weighted by atomic mass is 16.2. The average Bonchev–Trinajstić information content (AvgIpc) is 2.60. The number of nitrogens with one attached hydrogen (secondary N) is 1. The van der Waals surface area contributed by atoms with Crippen LogP contribution in [0.4, 0.5) is 10.6 Å². The number of urea groups is 1. The lowest BCUT2D eigenvalue weighted by Crippen LogP contribution is -2.47. The maximum Gasteiger partial charge on any atom is 0.317 e. The van der Waals surface area contributed by atoms with E-state index in [-0.39, 0.29) is 6.03 Å². The minimum Gasteiger partial charge on any atom is -0.357 e. The molecule has 0 aromatic carbocycles. The summed E-state index contributed by atoms with van der Waals surface area (Å²) in [5, 5.41) is 3.08. The second-order valence-electron chi connectivity index (χ2n) is 7.58. The summed E-state index contributed by atoms with van der Waals surface area (Å²) < 4.78 is 0. The molecule has 0 radical (unpaired) electrons. The first kappa shape index (κ1) is 17.1. The maximum atomic E-state index is 12.4. The molecule has 3 rings (SSSR count). The molecule has 1 aromatic heterocycles. The van der Waals surface area contributed by atoms with Crippen LogP contribution in [0.25, 0.3) is 0 Å². The number of hydrogen-bond donors (Lipinski definition) is 1. The second kappa shape index (κ2) is 7.86. The number of carbonyl (C=O) groups excluding carboxylic acids is 1. The number of amides is 2. The summed E-state index contributed by atoms with van der Waals surface area (Å²) in [7, 11) is 0. The number of carbonyl (C=O) groups is 1. The molecule has 2 amide bonds. The van der Waals surface area contributed by atoms with E-state index in [1.165, 1.54) is 25.7 Å². The van der Waals surface area contributed by atoms with E-state index < -0.39 is 0 Å². The monoisotopic (exact) mass is 330 g/mol. The van der Waals surface area contributed by atoms with Gasteiger partial charge >= 0.3 is 6.03 Å². The fraction of sp³-hybridized carbons (Fsp3) is 0.684. The van der Waals surface area contributed by atoms with Crippen molar-refractivity contribution in [1.82, 2.24) is 15.2 Å². The average molecular weight is 330 g/mol. The van der Waals surface area contributed by atoms with Crippen LogP contribution < -0.4 is 10.2 Å². The Kier molecular flexibility index (Phi) is 5.59. The van der Waals surface area contributed by atoms with Crippen molar-refractivity contribution in [2.75, 3.05) is 31.1 Å². The molecule has 2 fully saturated rings. The fourth-order valence-corrected chi connectivity index (χ4v) is 3.98. The third kappa shape index (κ3) is 4.40. The first-order chi connectivity index (χ1) is 11.6. The standard InChI is InChI=1S/C19H30N4O/c1-15-10-16(2)14-23(13-15)19(24)21-12-17-6-7-20-18(11-17)22-8-4-3-5-9-22/h6-7,11,15-16H,3-5,8-10,12-14H2,1-2H3,(H,21,24). The van der Waals surface area contributed by atoms with E-state index in [2.05, 4.69) is 35.1 Å². The van der Waals surface area contributed by atoms with Crippen LogP contribution in [0.2, 0.25) is 0 Å². The van der Waals surface area contributed by atoms with Gasteiger partial charge in [-0.05, 0) is 55.2 Å². The number of hydrogen-bond acceptors (Lipinski definition) is 3. The Labute approximate surface area is 145 Å². The van der Waals surface area contributed by atoms with Gasteiger partial charge < -0.3 is 15.1 Å². The van der Waals surface area contributed by atoms with Crippen molar-refractivity contribution in [3.05, 3.63) is 23.9 Å². The Hall–Kier alpha value is -1.78. The zero-order valence-electron chi connectivity index (χ0n) is 15.0. The minimum absolute atomic E-state index is 0.0599. The van der Waals surface area contributed by atoms with Crippen LogP contribution in [0, 0.1) is 11.8 Å². The highest BCUT2D eigenvalue weighted by molar-refractivity contribution is 5.74. The number of likely N-dealkylation sites (tertiary alicyclic amines) is 1. The lowest BCUT2D eigenvalue weighted by Gasteiger charge is -2.35. The normalized spacial score (nSPS) is 24.8. The molecular weight excluding hydrogens is 300 g/mol. The largest absolute Gasteiger partial charge is 0.357 e. The summed E-state index contributed by atoms with van der Waals surface area (Å²) >= 11 is 0. The van der Waals surface area contributed by atoms with Crippen molar-refractivity contribution < 1.29 is 4.79 Å². The van der Waals surface area contributed by atoms with Crippen LogP contribution in [0.5, 0.6) is 0 Å². The van der Waals surface area contributed by atoms with E-state index in [0.717, 1.165) is 37.6 Å². The highest BCUT2D eigenvalue weighted by Crippen LogP contribution is 2.21. The van der Waals surface area contributed by atoms with E-state index in [1.54, 1.807) is 0 Å². The molecule has 0 saturated carbocycles. The van der Waals surface area contributed by atoms with Crippen LogP contribution in [0.15, 0.2) is 18.3 Å². The van der Waals surface area contributed by atoms with Gasteiger partial charge in [0.05, 0.1) is 0 Å². The second-order valence-corrected chi connectivity index (χ2v) is 7.58. The maximum absolute atomic E-state index is 12.4. The van der Waals surface area contributed by atoms with E-state index >= 15 is 0 Å². The van der Waals surface area contributed by atoms with Crippen LogP contribution in [-0.4, -0.2) is 42.1 Å². The Morgan fingerprint density at radius 3 is 2.62 bits per heavy atom. The van der Waals surface area contributed by atoms with Crippen LogP contribution >= 0.6 is 0 Å². The number of pyridine rings is 1. The molecule has 0 spiro atoms. The zero-order valence-corrected chi connectivity index (χ0v) is 15.0. The van der Waals surface area contributed by atoms with Gasteiger partial charge in [-0.3, -0.25) is 0 Å². The Bertz CT molecular complexity index is 546. The number of aromatic nitrogens is 1. The molecule has 1 aromatic rings. The van der Waals surface area contributed by atoms with Crippen LogP contribution in [0.1, 0.15) is 45.1 Å². The molecule has 5 heteroatoms. The van der Waals surface area contributed by atoms with Crippen LogP contribution in [-0.2, 0) is 6.54 Å². The van der Waals surface area contributed by atoms with Crippen molar-refractivity contribution in [3.63, 3.8) is 0 Å². The predicted octanol–water partition coefficient (Wildman–Crippen LogP) is 3.26.